The first-order chi connectivity index (χ1) is 11.7. The van der Waals surface area contributed by atoms with Crippen LogP contribution in [0.2, 0.25) is 0 Å². The third-order valence-corrected chi connectivity index (χ3v) is 5.06. The van der Waals surface area contributed by atoms with Gasteiger partial charge < -0.3 is 15.0 Å². The molecule has 0 radical (unpaired) electrons. The number of likely N-dealkylation sites (N-methyl/N-ethyl adjacent to an activating group) is 1. The van der Waals surface area contributed by atoms with E-state index in [2.05, 4.69) is 20.2 Å². The summed E-state index contributed by atoms with van der Waals surface area (Å²) < 4.78 is 5.13. The zero-order valence-electron chi connectivity index (χ0n) is 14.6. The highest BCUT2D eigenvalue weighted by Gasteiger charge is 2.32. The molecule has 7 heteroatoms. The molecule has 0 saturated carbocycles. The summed E-state index contributed by atoms with van der Waals surface area (Å²) in [7, 11) is 3.53. The average molecular weight is 333 g/mol. The lowest BCUT2D eigenvalue weighted by molar-refractivity contribution is -0.135. The van der Waals surface area contributed by atoms with Crippen LogP contribution >= 0.6 is 0 Å². The van der Waals surface area contributed by atoms with E-state index >= 15 is 0 Å². The van der Waals surface area contributed by atoms with Crippen LogP contribution in [0.3, 0.4) is 0 Å². The molecule has 1 unspecified atom stereocenters. The van der Waals surface area contributed by atoms with Gasteiger partial charge >= 0.3 is 0 Å². The number of carbonyl (C=O) groups excluding carboxylic acids is 1. The second kappa shape index (κ2) is 7.79. The summed E-state index contributed by atoms with van der Waals surface area (Å²) in [6.07, 6.45) is 6.78. The van der Waals surface area contributed by atoms with E-state index in [0.29, 0.717) is 17.8 Å². The lowest BCUT2D eigenvalue weighted by Crippen LogP contribution is -2.50. The molecule has 2 fully saturated rings. The van der Waals surface area contributed by atoms with E-state index in [1.807, 2.05) is 18.0 Å². The van der Waals surface area contributed by atoms with E-state index in [0.717, 1.165) is 57.6 Å². The minimum atomic E-state index is 0.0672. The number of nitrogens with zero attached hydrogens (tertiary/aromatic N) is 4. The molecule has 3 heterocycles. The fourth-order valence-electron chi connectivity index (χ4n) is 3.61. The fourth-order valence-corrected chi connectivity index (χ4v) is 3.61. The summed E-state index contributed by atoms with van der Waals surface area (Å²) in [4.78, 5) is 25.1. The molecular weight excluding hydrogens is 306 g/mol. The topological polar surface area (TPSA) is 70.6 Å². The fraction of sp³-hybridized carbons (Fsp3) is 0.706. The van der Waals surface area contributed by atoms with Crippen molar-refractivity contribution < 1.29 is 9.53 Å². The summed E-state index contributed by atoms with van der Waals surface area (Å²) in [5.41, 5.74) is 0. The molecule has 2 aliphatic rings. The van der Waals surface area contributed by atoms with Gasteiger partial charge in [0.25, 0.3) is 0 Å². The third-order valence-electron chi connectivity index (χ3n) is 5.06. The number of piperidine rings is 1. The van der Waals surface area contributed by atoms with E-state index in [1.54, 1.807) is 7.11 Å². The number of rotatable bonds is 4. The summed E-state index contributed by atoms with van der Waals surface area (Å²) in [5, 5.41) is 3.46. The van der Waals surface area contributed by atoms with Crippen molar-refractivity contribution in [2.75, 3.05) is 39.1 Å². The smallest absolute Gasteiger partial charge is 0.239 e. The van der Waals surface area contributed by atoms with Gasteiger partial charge in [0.2, 0.25) is 11.8 Å². The van der Waals surface area contributed by atoms with Crippen molar-refractivity contribution in [3.63, 3.8) is 0 Å². The van der Waals surface area contributed by atoms with Crippen molar-refractivity contribution in [1.29, 1.82) is 0 Å². The number of likely N-dealkylation sites (tertiary alicyclic amines) is 2. The second-order valence-electron chi connectivity index (χ2n) is 6.67. The van der Waals surface area contributed by atoms with E-state index in [4.69, 9.17) is 4.74 Å². The Labute approximate surface area is 143 Å². The minimum Gasteiger partial charge on any atom is -0.481 e. The molecule has 2 aliphatic heterocycles. The van der Waals surface area contributed by atoms with Crippen molar-refractivity contribution in [2.24, 2.45) is 0 Å². The monoisotopic (exact) mass is 333 g/mol. The number of anilines is 1. The zero-order valence-corrected chi connectivity index (χ0v) is 14.6. The normalized spacial score (nSPS) is 23.8. The molecule has 1 aromatic rings. The maximum absolute atomic E-state index is 12.5. The molecule has 0 bridgehead atoms. The Morgan fingerprint density at radius 1 is 1.17 bits per heavy atom. The number of carbonyl (C=O) groups is 1. The van der Waals surface area contributed by atoms with Crippen LogP contribution in [0, 0.1) is 0 Å². The Bertz CT molecular complexity index is 560. The maximum Gasteiger partial charge on any atom is 0.239 e. The number of methoxy groups -OCH3 is 1. The van der Waals surface area contributed by atoms with Gasteiger partial charge in [-0.15, -0.1) is 0 Å². The van der Waals surface area contributed by atoms with Crippen molar-refractivity contribution in [1.82, 2.24) is 19.8 Å². The van der Waals surface area contributed by atoms with E-state index in [1.165, 1.54) is 6.33 Å². The number of ether oxygens (including phenoxy) is 1. The highest BCUT2D eigenvalue weighted by molar-refractivity contribution is 5.81. The van der Waals surface area contributed by atoms with Crippen molar-refractivity contribution in [3.8, 4) is 5.88 Å². The van der Waals surface area contributed by atoms with Crippen LogP contribution in [0.1, 0.15) is 32.1 Å². The predicted molar refractivity (Wildman–Crippen MR) is 92.1 cm³/mol. The van der Waals surface area contributed by atoms with Gasteiger partial charge in [0, 0.05) is 38.8 Å². The molecule has 1 amide bonds. The molecule has 7 nitrogen and oxygen atoms in total. The summed E-state index contributed by atoms with van der Waals surface area (Å²) in [6, 6.07) is 2.26. The first kappa shape index (κ1) is 17.0. The van der Waals surface area contributed by atoms with Gasteiger partial charge in [-0.1, -0.05) is 0 Å². The molecule has 2 saturated heterocycles. The molecule has 0 aliphatic carbocycles. The Morgan fingerprint density at radius 2 is 1.96 bits per heavy atom. The van der Waals surface area contributed by atoms with Gasteiger partial charge in [0.1, 0.15) is 12.1 Å². The van der Waals surface area contributed by atoms with Gasteiger partial charge in [-0.2, -0.15) is 0 Å². The predicted octanol–water partition coefficient (Wildman–Crippen LogP) is 1.37. The second-order valence-corrected chi connectivity index (χ2v) is 6.67. The summed E-state index contributed by atoms with van der Waals surface area (Å²) in [6.45, 7) is 2.79. The van der Waals surface area contributed by atoms with E-state index in [9.17, 15) is 4.79 Å². The molecular formula is C17H27N5O2. The van der Waals surface area contributed by atoms with Crippen LogP contribution in [0.4, 0.5) is 5.82 Å². The Morgan fingerprint density at radius 3 is 2.71 bits per heavy atom. The Kier molecular flexibility index (Phi) is 5.50. The highest BCUT2D eigenvalue weighted by atomic mass is 16.5. The Balaban J connectivity index is 1.54. The Hall–Kier alpha value is -1.89. The number of amides is 1. The molecule has 1 atom stereocenters. The van der Waals surface area contributed by atoms with Crippen molar-refractivity contribution in [3.05, 3.63) is 12.4 Å². The van der Waals surface area contributed by atoms with Gasteiger partial charge in [-0.25, -0.2) is 9.97 Å². The van der Waals surface area contributed by atoms with E-state index < -0.39 is 0 Å². The number of nitrogens with one attached hydrogen (secondary N) is 1. The van der Waals surface area contributed by atoms with Crippen LogP contribution < -0.4 is 10.1 Å². The first-order valence-electron chi connectivity index (χ1n) is 8.79. The number of aromatic nitrogens is 2. The SMILES string of the molecule is COc1cc(NC2CCN(C3CCCCN(C)C3=O)CC2)ncn1. The van der Waals surface area contributed by atoms with Gasteiger partial charge in [-0.05, 0) is 32.1 Å². The average Bonchev–Trinajstić information content (AvgIpc) is 2.78. The van der Waals surface area contributed by atoms with Crippen LogP contribution in [0.5, 0.6) is 5.88 Å². The summed E-state index contributed by atoms with van der Waals surface area (Å²) in [5.74, 6) is 1.65. The summed E-state index contributed by atoms with van der Waals surface area (Å²) >= 11 is 0. The van der Waals surface area contributed by atoms with Crippen LogP contribution in [0.25, 0.3) is 0 Å². The molecule has 1 aromatic heterocycles. The number of hydrogen-bond donors (Lipinski definition) is 1. The van der Waals surface area contributed by atoms with Crippen molar-refractivity contribution >= 4 is 11.7 Å². The van der Waals surface area contributed by atoms with Crippen molar-refractivity contribution in [2.45, 2.75) is 44.2 Å². The lowest BCUT2D eigenvalue weighted by Gasteiger charge is -2.37. The number of hydrogen-bond acceptors (Lipinski definition) is 6. The van der Waals surface area contributed by atoms with Gasteiger partial charge in [0.15, 0.2) is 0 Å². The molecule has 1 N–H and O–H groups in total. The molecule has 0 spiro atoms. The van der Waals surface area contributed by atoms with Gasteiger partial charge in [0.05, 0.1) is 13.2 Å². The maximum atomic E-state index is 12.5. The first-order valence-corrected chi connectivity index (χ1v) is 8.79. The molecule has 132 valence electrons. The molecule has 24 heavy (non-hydrogen) atoms. The van der Waals surface area contributed by atoms with Crippen LogP contribution in [-0.2, 0) is 4.79 Å². The van der Waals surface area contributed by atoms with Crippen LogP contribution in [-0.4, -0.2) is 71.6 Å². The standard InChI is InChI=1S/C17H27N5O2/c1-21-8-4-3-5-14(17(21)23)22-9-6-13(7-10-22)20-15-11-16(24-2)19-12-18-15/h11-14H,3-10H2,1-2H3,(H,18,19,20). The third kappa shape index (κ3) is 3.95. The minimum absolute atomic E-state index is 0.0672. The largest absolute Gasteiger partial charge is 0.481 e. The lowest BCUT2D eigenvalue weighted by atomic mass is 10.0. The van der Waals surface area contributed by atoms with E-state index in [-0.39, 0.29) is 6.04 Å². The van der Waals surface area contributed by atoms with Crippen LogP contribution in [0.15, 0.2) is 12.4 Å². The molecule has 0 aromatic carbocycles. The van der Waals surface area contributed by atoms with Gasteiger partial charge in [-0.3, -0.25) is 9.69 Å². The molecule has 3 rings (SSSR count). The quantitative estimate of drug-likeness (QED) is 0.897. The zero-order chi connectivity index (χ0) is 16.9. The highest BCUT2D eigenvalue weighted by Crippen LogP contribution is 2.22.